The minimum atomic E-state index is -3.65. The van der Waals surface area contributed by atoms with Gasteiger partial charge in [0.05, 0.1) is 11.0 Å². The van der Waals surface area contributed by atoms with E-state index in [-0.39, 0.29) is 23.1 Å². The molecule has 0 heterocycles. The highest BCUT2D eigenvalue weighted by Crippen LogP contribution is 2.24. The van der Waals surface area contributed by atoms with Crippen molar-refractivity contribution >= 4 is 15.8 Å². The van der Waals surface area contributed by atoms with Crippen LogP contribution in [0.5, 0.6) is 0 Å². The summed E-state index contributed by atoms with van der Waals surface area (Å²) in [6.07, 6.45) is 3.13. The minimum Gasteiger partial charge on any atom is -0.393 e. The molecule has 6 heteroatoms. The Hall–Kier alpha value is -1.24. The molecule has 2 rings (SSSR count). The fraction of sp³-hybridized carbons (Fsp3) is 0.533. The maximum atomic E-state index is 12.3. The molecule has 116 valence electrons. The highest BCUT2D eigenvalue weighted by atomic mass is 32.2. The Kier molecular flexibility index (Phi) is 5.13. The second-order valence-corrected chi connectivity index (χ2v) is 7.31. The SMILES string of the molecule is CC(=O)c1cccc(S(=O)(=O)NCC2CCCCC2O)c1. The molecule has 0 saturated heterocycles. The third kappa shape index (κ3) is 4.12. The highest BCUT2D eigenvalue weighted by molar-refractivity contribution is 7.89. The second-order valence-electron chi connectivity index (χ2n) is 5.55. The molecule has 2 N–H and O–H groups in total. The van der Waals surface area contributed by atoms with Crippen LogP contribution in [0.1, 0.15) is 43.0 Å². The first-order valence-corrected chi connectivity index (χ1v) is 8.67. The van der Waals surface area contributed by atoms with E-state index in [0.717, 1.165) is 25.7 Å². The van der Waals surface area contributed by atoms with E-state index in [9.17, 15) is 18.3 Å². The summed E-state index contributed by atoms with van der Waals surface area (Å²) in [6.45, 7) is 1.63. The van der Waals surface area contributed by atoms with Crippen molar-refractivity contribution in [2.45, 2.75) is 43.6 Å². The zero-order chi connectivity index (χ0) is 15.5. The summed E-state index contributed by atoms with van der Waals surface area (Å²) in [7, 11) is -3.65. The molecule has 1 aromatic rings. The average molecular weight is 311 g/mol. The van der Waals surface area contributed by atoms with Crippen molar-refractivity contribution in [3.63, 3.8) is 0 Å². The first-order chi connectivity index (χ1) is 9.90. The Balaban J connectivity index is 2.07. The van der Waals surface area contributed by atoms with Crippen molar-refractivity contribution in [2.24, 2.45) is 5.92 Å². The number of rotatable bonds is 5. The molecule has 0 amide bonds. The van der Waals surface area contributed by atoms with Gasteiger partial charge in [0, 0.05) is 12.1 Å². The van der Waals surface area contributed by atoms with E-state index in [1.54, 1.807) is 12.1 Å². The lowest BCUT2D eigenvalue weighted by atomic mass is 9.87. The molecule has 2 atom stereocenters. The molecule has 0 aromatic heterocycles. The first-order valence-electron chi connectivity index (χ1n) is 7.19. The predicted molar refractivity (Wildman–Crippen MR) is 79.6 cm³/mol. The molecular weight excluding hydrogens is 290 g/mol. The van der Waals surface area contributed by atoms with Crippen LogP contribution in [-0.4, -0.2) is 32.0 Å². The van der Waals surface area contributed by atoms with Gasteiger partial charge in [-0.2, -0.15) is 0 Å². The molecule has 0 radical (unpaired) electrons. The van der Waals surface area contributed by atoms with Gasteiger partial charge in [-0.05, 0) is 37.8 Å². The van der Waals surface area contributed by atoms with E-state index in [1.807, 2.05) is 0 Å². The van der Waals surface area contributed by atoms with Gasteiger partial charge in [0.2, 0.25) is 10.0 Å². The van der Waals surface area contributed by atoms with E-state index in [4.69, 9.17) is 0 Å². The zero-order valence-electron chi connectivity index (χ0n) is 12.1. The maximum Gasteiger partial charge on any atom is 0.240 e. The van der Waals surface area contributed by atoms with Crippen LogP contribution in [0, 0.1) is 5.92 Å². The van der Waals surface area contributed by atoms with E-state index >= 15 is 0 Å². The van der Waals surface area contributed by atoms with Gasteiger partial charge in [-0.15, -0.1) is 0 Å². The number of nitrogens with one attached hydrogen (secondary N) is 1. The summed E-state index contributed by atoms with van der Waals surface area (Å²) in [5.41, 5.74) is 0.371. The quantitative estimate of drug-likeness (QED) is 0.811. The van der Waals surface area contributed by atoms with Crippen LogP contribution in [0.25, 0.3) is 0 Å². The van der Waals surface area contributed by atoms with Crippen molar-refractivity contribution < 1.29 is 18.3 Å². The fourth-order valence-corrected chi connectivity index (χ4v) is 3.75. The van der Waals surface area contributed by atoms with Gasteiger partial charge in [0.15, 0.2) is 5.78 Å². The topological polar surface area (TPSA) is 83.5 Å². The molecule has 1 aliphatic rings. The molecule has 1 saturated carbocycles. The van der Waals surface area contributed by atoms with Crippen molar-refractivity contribution in [3.05, 3.63) is 29.8 Å². The lowest BCUT2D eigenvalue weighted by Crippen LogP contribution is -2.36. The zero-order valence-corrected chi connectivity index (χ0v) is 12.9. The molecule has 21 heavy (non-hydrogen) atoms. The first kappa shape index (κ1) is 16.1. The van der Waals surface area contributed by atoms with Gasteiger partial charge >= 0.3 is 0 Å². The minimum absolute atomic E-state index is 0.0375. The molecule has 1 aliphatic carbocycles. The third-order valence-corrected chi connectivity index (χ3v) is 5.38. The number of Topliss-reactive ketones (excluding diaryl/α,β-unsaturated/α-hetero) is 1. The number of ketones is 1. The Bertz CT molecular complexity index is 612. The number of sulfonamides is 1. The van der Waals surface area contributed by atoms with Gasteiger partial charge in [0.1, 0.15) is 0 Å². The average Bonchev–Trinajstić information content (AvgIpc) is 2.46. The monoisotopic (exact) mass is 311 g/mol. The summed E-state index contributed by atoms with van der Waals surface area (Å²) < 4.78 is 27.0. The number of aliphatic hydroxyl groups excluding tert-OH is 1. The summed E-state index contributed by atoms with van der Waals surface area (Å²) in [6, 6.07) is 5.99. The van der Waals surface area contributed by atoms with Crippen LogP contribution in [0.4, 0.5) is 0 Å². The van der Waals surface area contributed by atoms with Crippen LogP contribution in [0.3, 0.4) is 0 Å². The molecule has 1 fully saturated rings. The summed E-state index contributed by atoms with van der Waals surface area (Å²) in [5.74, 6) is -0.209. The van der Waals surface area contributed by atoms with E-state index < -0.39 is 16.1 Å². The number of carbonyl (C=O) groups is 1. The van der Waals surface area contributed by atoms with Crippen molar-refractivity contribution in [1.29, 1.82) is 0 Å². The number of carbonyl (C=O) groups excluding carboxylic acids is 1. The van der Waals surface area contributed by atoms with Crippen LogP contribution in [0.2, 0.25) is 0 Å². The molecule has 2 unspecified atom stereocenters. The molecule has 0 aliphatic heterocycles. The van der Waals surface area contributed by atoms with Gasteiger partial charge in [0.25, 0.3) is 0 Å². The van der Waals surface area contributed by atoms with Crippen LogP contribution in [0.15, 0.2) is 29.2 Å². The lowest BCUT2D eigenvalue weighted by Gasteiger charge is -2.27. The highest BCUT2D eigenvalue weighted by Gasteiger charge is 2.25. The van der Waals surface area contributed by atoms with Gasteiger partial charge < -0.3 is 5.11 Å². The standard InChI is InChI=1S/C15H21NO4S/c1-11(17)12-6-4-7-14(9-12)21(19,20)16-10-13-5-2-3-8-15(13)18/h4,6-7,9,13,15-16,18H,2-3,5,8,10H2,1H3. The number of benzene rings is 1. The molecule has 1 aromatic carbocycles. The van der Waals surface area contributed by atoms with E-state index in [2.05, 4.69) is 4.72 Å². The third-order valence-electron chi connectivity index (χ3n) is 3.96. The van der Waals surface area contributed by atoms with Crippen LogP contribution in [-0.2, 0) is 10.0 Å². The largest absolute Gasteiger partial charge is 0.393 e. The van der Waals surface area contributed by atoms with Crippen molar-refractivity contribution in [2.75, 3.05) is 6.54 Å². The predicted octanol–water partition coefficient (Wildman–Crippen LogP) is 1.72. The van der Waals surface area contributed by atoms with E-state index in [1.165, 1.54) is 19.1 Å². The molecule has 0 bridgehead atoms. The summed E-state index contributed by atoms with van der Waals surface area (Å²) in [5, 5.41) is 9.87. The van der Waals surface area contributed by atoms with Crippen LogP contribution >= 0.6 is 0 Å². The summed E-state index contributed by atoms with van der Waals surface area (Å²) in [4.78, 5) is 11.4. The molecule has 0 spiro atoms. The smallest absolute Gasteiger partial charge is 0.240 e. The molecular formula is C15H21NO4S. The number of aliphatic hydroxyl groups is 1. The Morgan fingerprint density at radius 1 is 1.33 bits per heavy atom. The Labute approximate surface area is 125 Å². The van der Waals surface area contributed by atoms with Crippen molar-refractivity contribution in [3.8, 4) is 0 Å². The van der Waals surface area contributed by atoms with Gasteiger partial charge in [-0.25, -0.2) is 13.1 Å². The van der Waals surface area contributed by atoms with Gasteiger partial charge in [-0.1, -0.05) is 25.0 Å². The van der Waals surface area contributed by atoms with Crippen molar-refractivity contribution in [1.82, 2.24) is 4.72 Å². The van der Waals surface area contributed by atoms with Crippen LogP contribution < -0.4 is 4.72 Å². The Morgan fingerprint density at radius 2 is 2.05 bits per heavy atom. The summed E-state index contributed by atoms with van der Waals surface area (Å²) >= 11 is 0. The number of hydrogen-bond acceptors (Lipinski definition) is 4. The Morgan fingerprint density at radius 3 is 2.71 bits per heavy atom. The van der Waals surface area contributed by atoms with Gasteiger partial charge in [-0.3, -0.25) is 4.79 Å². The maximum absolute atomic E-state index is 12.3. The molecule has 5 nitrogen and oxygen atoms in total. The second kappa shape index (κ2) is 6.68. The fourth-order valence-electron chi connectivity index (χ4n) is 2.61. The normalized spacial score (nSPS) is 23.0. The number of hydrogen-bond donors (Lipinski definition) is 2. The lowest BCUT2D eigenvalue weighted by molar-refractivity contribution is 0.0724. The van der Waals surface area contributed by atoms with E-state index in [0.29, 0.717) is 5.56 Å².